The predicted octanol–water partition coefficient (Wildman–Crippen LogP) is 4.61. The van der Waals surface area contributed by atoms with Crippen LogP contribution in [0.2, 0.25) is 0 Å². The summed E-state index contributed by atoms with van der Waals surface area (Å²) in [6.07, 6.45) is 0. The summed E-state index contributed by atoms with van der Waals surface area (Å²) in [6.45, 7) is 4.17. The van der Waals surface area contributed by atoms with Crippen molar-refractivity contribution in [1.82, 2.24) is 9.97 Å². The zero-order valence-corrected chi connectivity index (χ0v) is 11.9. The number of benzene rings is 2. The molecular weight excluding hydrogens is 288 g/mol. The van der Waals surface area contributed by atoms with E-state index >= 15 is 0 Å². The molecule has 0 fully saturated rings. The van der Waals surface area contributed by atoms with Gasteiger partial charge in [-0.15, -0.1) is 0 Å². The molecule has 0 atom stereocenters. The summed E-state index contributed by atoms with van der Waals surface area (Å²) < 4.78 is 1.06. The van der Waals surface area contributed by atoms with Crippen LogP contribution >= 0.6 is 15.9 Å². The lowest BCUT2D eigenvalue weighted by Gasteiger charge is -2.01. The van der Waals surface area contributed by atoms with Gasteiger partial charge in [0.05, 0.1) is 11.0 Å². The van der Waals surface area contributed by atoms with Gasteiger partial charge in [-0.2, -0.15) is 0 Å². The Morgan fingerprint density at radius 1 is 1.00 bits per heavy atom. The van der Waals surface area contributed by atoms with E-state index in [-0.39, 0.29) is 0 Å². The fourth-order valence-corrected chi connectivity index (χ4v) is 2.51. The molecule has 1 aromatic heterocycles. The minimum absolute atomic E-state index is 0.908. The van der Waals surface area contributed by atoms with Crippen LogP contribution in [-0.4, -0.2) is 9.97 Å². The van der Waals surface area contributed by atoms with Gasteiger partial charge in [0.15, 0.2) is 0 Å². The number of aromatic amines is 1. The van der Waals surface area contributed by atoms with E-state index in [0.717, 1.165) is 26.9 Å². The van der Waals surface area contributed by atoms with Crippen LogP contribution in [0.4, 0.5) is 0 Å². The molecule has 0 amide bonds. The molecule has 0 aliphatic heterocycles. The smallest absolute Gasteiger partial charge is 0.139 e. The van der Waals surface area contributed by atoms with Crippen molar-refractivity contribution in [2.45, 2.75) is 13.8 Å². The van der Waals surface area contributed by atoms with Crippen LogP contribution in [0.25, 0.3) is 22.4 Å². The first-order valence-corrected chi connectivity index (χ1v) is 6.66. The quantitative estimate of drug-likeness (QED) is 0.698. The number of aromatic nitrogens is 2. The van der Waals surface area contributed by atoms with Gasteiger partial charge < -0.3 is 4.98 Å². The zero-order chi connectivity index (χ0) is 12.7. The first kappa shape index (κ1) is 11.5. The van der Waals surface area contributed by atoms with Crippen molar-refractivity contribution >= 4 is 27.0 Å². The van der Waals surface area contributed by atoms with Gasteiger partial charge >= 0.3 is 0 Å². The molecule has 2 aromatic carbocycles. The summed E-state index contributed by atoms with van der Waals surface area (Å²) in [4.78, 5) is 8.02. The van der Waals surface area contributed by atoms with E-state index < -0.39 is 0 Å². The highest BCUT2D eigenvalue weighted by Gasteiger charge is 2.08. The molecule has 18 heavy (non-hydrogen) atoms. The number of rotatable bonds is 1. The Hall–Kier alpha value is -1.61. The number of H-pyrrole nitrogens is 1. The molecule has 0 spiro atoms. The van der Waals surface area contributed by atoms with Gasteiger partial charge in [-0.3, -0.25) is 0 Å². The van der Waals surface area contributed by atoms with Crippen LogP contribution in [0.15, 0.2) is 40.9 Å². The molecule has 0 bridgehead atoms. The van der Waals surface area contributed by atoms with E-state index in [1.165, 1.54) is 11.1 Å². The third kappa shape index (κ3) is 1.95. The van der Waals surface area contributed by atoms with Gasteiger partial charge in [-0.1, -0.05) is 33.6 Å². The lowest BCUT2D eigenvalue weighted by atomic mass is 10.1. The molecule has 3 heteroatoms. The number of fused-ring (bicyclic) bond motifs is 1. The number of halogens is 1. The molecule has 0 aliphatic carbocycles. The Balaban J connectivity index is 2.22. The second-order valence-corrected chi connectivity index (χ2v) is 5.44. The third-order valence-corrected chi connectivity index (χ3v) is 3.71. The van der Waals surface area contributed by atoms with Crippen molar-refractivity contribution in [3.63, 3.8) is 0 Å². The normalized spacial score (nSPS) is 11.1. The largest absolute Gasteiger partial charge is 0.338 e. The predicted molar refractivity (Wildman–Crippen MR) is 78.7 cm³/mol. The van der Waals surface area contributed by atoms with Crippen LogP contribution in [-0.2, 0) is 0 Å². The average molecular weight is 301 g/mol. The minimum atomic E-state index is 0.908. The number of nitrogens with zero attached hydrogens (tertiary/aromatic N) is 1. The molecule has 0 saturated heterocycles. The van der Waals surface area contributed by atoms with Crippen molar-refractivity contribution in [3.8, 4) is 11.4 Å². The Bertz CT molecular complexity index is 728. The Morgan fingerprint density at radius 2 is 1.72 bits per heavy atom. The summed E-state index contributed by atoms with van der Waals surface area (Å²) in [5.41, 5.74) is 5.65. The van der Waals surface area contributed by atoms with Gasteiger partial charge in [0.25, 0.3) is 0 Å². The van der Waals surface area contributed by atoms with Crippen molar-refractivity contribution < 1.29 is 0 Å². The van der Waals surface area contributed by atoms with Crippen LogP contribution in [0.1, 0.15) is 11.1 Å². The van der Waals surface area contributed by atoms with Gasteiger partial charge in [0.2, 0.25) is 0 Å². The van der Waals surface area contributed by atoms with Gasteiger partial charge in [0, 0.05) is 10.0 Å². The zero-order valence-electron chi connectivity index (χ0n) is 10.3. The van der Waals surface area contributed by atoms with Crippen LogP contribution in [0.5, 0.6) is 0 Å². The van der Waals surface area contributed by atoms with E-state index in [4.69, 9.17) is 0 Å². The van der Waals surface area contributed by atoms with Crippen molar-refractivity contribution in [3.05, 3.63) is 52.0 Å². The molecule has 2 nitrogen and oxygen atoms in total. The molecular formula is C15H13BrN2. The number of imidazole rings is 1. The second-order valence-electron chi connectivity index (χ2n) is 4.59. The summed E-state index contributed by atoms with van der Waals surface area (Å²) in [5.74, 6) is 0.908. The molecule has 0 unspecified atom stereocenters. The molecule has 90 valence electrons. The maximum atomic E-state index is 4.64. The van der Waals surface area contributed by atoms with Crippen molar-refractivity contribution in [2.75, 3.05) is 0 Å². The van der Waals surface area contributed by atoms with E-state index in [0.29, 0.717) is 0 Å². The van der Waals surface area contributed by atoms with Gasteiger partial charge in [-0.05, 0) is 43.7 Å². The fourth-order valence-electron chi connectivity index (χ4n) is 2.07. The summed E-state index contributed by atoms with van der Waals surface area (Å²) in [6, 6.07) is 12.5. The Labute approximate surface area is 114 Å². The van der Waals surface area contributed by atoms with Crippen LogP contribution in [0, 0.1) is 13.8 Å². The molecule has 0 radical (unpaired) electrons. The molecule has 3 aromatic rings. The number of hydrogen-bond acceptors (Lipinski definition) is 1. The van der Waals surface area contributed by atoms with E-state index in [2.05, 4.69) is 70.1 Å². The first-order valence-electron chi connectivity index (χ1n) is 5.86. The minimum Gasteiger partial charge on any atom is -0.338 e. The molecule has 1 heterocycles. The number of nitrogens with one attached hydrogen (secondary N) is 1. The fraction of sp³-hybridized carbons (Fsp3) is 0.133. The Kier molecular flexibility index (Phi) is 2.71. The van der Waals surface area contributed by atoms with Gasteiger partial charge in [-0.25, -0.2) is 4.98 Å². The first-order chi connectivity index (χ1) is 8.63. The monoisotopic (exact) mass is 300 g/mol. The van der Waals surface area contributed by atoms with E-state index in [9.17, 15) is 0 Å². The standard InChI is InChI=1S/C15H13BrN2/c1-9-3-5-12(16)11(7-9)15-17-13-6-4-10(2)8-14(13)18-15/h3-8H,1-2H3,(H,17,18). The SMILES string of the molecule is Cc1ccc(Br)c(-c2nc3ccc(C)cc3[nH]2)c1. The summed E-state index contributed by atoms with van der Waals surface area (Å²) in [5, 5.41) is 0. The maximum absolute atomic E-state index is 4.64. The highest BCUT2D eigenvalue weighted by Crippen LogP contribution is 2.28. The molecule has 1 N–H and O–H groups in total. The molecule has 3 rings (SSSR count). The highest BCUT2D eigenvalue weighted by atomic mass is 79.9. The number of aryl methyl sites for hydroxylation is 2. The molecule has 0 saturated carbocycles. The van der Waals surface area contributed by atoms with Crippen molar-refractivity contribution in [2.24, 2.45) is 0 Å². The van der Waals surface area contributed by atoms with Crippen LogP contribution in [0.3, 0.4) is 0 Å². The lowest BCUT2D eigenvalue weighted by molar-refractivity contribution is 1.31. The lowest BCUT2D eigenvalue weighted by Crippen LogP contribution is -1.83. The van der Waals surface area contributed by atoms with Crippen molar-refractivity contribution in [1.29, 1.82) is 0 Å². The van der Waals surface area contributed by atoms with Gasteiger partial charge in [0.1, 0.15) is 5.82 Å². The maximum Gasteiger partial charge on any atom is 0.139 e. The van der Waals surface area contributed by atoms with E-state index in [1.54, 1.807) is 0 Å². The topological polar surface area (TPSA) is 28.7 Å². The second kappa shape index (κ2) is 4.25. The third-order valence-electron chi connectivity index (χ3n) is 3.01. The Morgan fingerprint density at radius 3 is 2.56 bits per heavy atom. The average Bonchev–Trinajstić information content (AvgIpc) is 2.74. The highest BCUT2D eigenvalue weighted by molar-refractivity contribution is 9.10. The van der Waals surface area contributed by atoms with E-state index in [1.807, 2.05) is 6.07 Å². The summed E-state index contributed by atoms with van der Waals surface area (Å²) in [7, 11) is 0. The summed E-state index contributed by atoms with van der Waals surface area (Å²) >= 11 is 3.58. The molecule has 0 aliphatic rings. The number of hydrogen-bond donors (Lipinski definition) is 1. The van der Waals surface area contributed by atoms with Crippen LogP contribution < -0.4 is 0 Å².